The Morgan fingerprint density at radius 1 is 0.846 bits per heavy atom. The topological polar surface area (TPSA) is 0 Å². The van der Waals surface area contributed by atoms with Crippen LogP contribution in [0.2, 0.25) is 0 Å². The summed E-state index contributed by atoms with van der Waals surface area (Å²) in [5.41, 5.74) is 0. The van der Waals surface area contributed by atoms with Crippen LogP contribution < -0.4 is 0 Å². The summed E-state index contributed by atoms with van der Waals surface area (Å²) in [6, 6.07) is 0. The van der Waals surface area contributed by atoms with Crippen LogP contribution in [-0.2, 0) is 0 Å². The third kappa shape index (κ3) is 13.1. The van der Waals surface area contributed by atoms with Crippen LogP contribution in [0.15, 0.2) is 0 Å². The molecular formula is C10H22S3. The average Bonchev–Trinajstić information content (AvgIpc) is 2.16. The van der Waals surface area contributed by atoms with E-state index in [0.717, 1.165) is 5.75 Å². The highest BCUT2D eigenvalue weighted by molar-refractivity contribution is 8.76. The van der Waals surface area contributed by atoms with Crippen LogP contribution in [0.25, 0.3) is 0 Å². The third-order valence-corrected chi connectivity index (χ3v) is 4.86. The van der Waals surface area contributed by atoms with Gasteiger partial charge < -0.3 is 0 Å². The lowest BCUT2D eigenvalue weighted by Crippen LogP contribution is -1.81. The Bertz CT molecular complexity index is 76.2. The quantitative estimate of drug-likeness (QED) is 0.334. The predicted molar refractivity (Wildman–Crippen MR) is 72.1 cm³/mol. The molecule has 0 nitrogen and oxygen atoms in total. The Morgan fingerprint density at radius 2 is 1.46 bits per heavy atom. The molecule has 0 saturated carbocycles. The molecule has 80 valence electrons. The Balaban J connectivity index is 2.76. The number of hydrogen-bond donors (Lipinski definition) is 1. The maximum absolute atomic E-state index is 4.17. The zero-order valence-corrected chi connectivity index (χ0v) is 11.2. The van der Waals surface area contributed by atoms with E-state index in [1.807, 2.05) is 21.6 Å². The molecule has 0 saturated heterocycles. The largest absolute Gasteiger partial charge is 0.178 e. The van der Waals surface area contributed by atoms with Crippen molar-refractivity contribution in [2.45, 2.75) is 45.4 Å². The zero-order chi connectivity index (χ0) is 9.78. The minimum absolute atomic E-state index is 1.01. The number of unbranched alkanes of at least 4 members (excludes halogenated alkanes) is 5. The van der Waals surface area contributed by atoms with Gasteiger partial charge >= 0.3 is 0 Å². The molecule has 0 radical (unpaired) electrons. The van der Waals surface area contributed by atoms with Gasteiger partial charge in [-0.15, -0.1) is 0 Å². The molecule has 0 aliphatic rings. The van der Waals surface area contributed by atoms with Crippen molar-refractivity contribution in [1.82, 2.24) is 0 Å². The van der Waals surface area contributed by atoms with E-state index >= 15 is 0 Å². The molecule has 0 aliphatic carbocycles. The maximum Gasteiger partial charge on any atom is 0.0125 e. The van der Waals surface area contributed by atoms with E-state index in [2.05, 4.69) is 19.6 Å². The fourth-order valence-electron chi connectivity index (χ4n) is 1.10. The van der Waals surface area contributed by atoms with E-state index < -0.39 is 0 Å². The number of rotatable bonds is 10. The van der Waals surface area contributed by atoms with Crippen LogP contribution in [-0.4, -0.2) is 17.3 Å². The monoisotopic (exact) mass is 238 g/mol. The summed E-state index contributed by atoms with van der Waals surface area (Å²) in [4.78, 5) is 0. The van der Waals surface area contributed by atoms with Gasteiger partial charge in [0.2, 0.25) is 0 Å². The Hall–Kier alpha value is 1.05. The summed E-state index contributed by atoms with van der Waals surface area (Å²) in [6.07, 6.45) is 8.47. The highest BCUT2D eigenvalue weighted by Gasteiger charge is 1.91. The number of hydrogen-bond acceptors (Lipinski definition) is 3. The molecule has 0 aromatic heterocycles. The smallest absolute Gasteiger partial charge is 0.0125 e. The number of thiol groups is 1. The van der Waals surface area contributed by atoms with Gasteiger partial charge in [0.1, 0.15) is 0 Å². The molecule has 0 fully saturated rings. The SMILES string of the molecule is CCCCCCCCSSCCS. The Kier molecular flexibility index (Phi) is 14.1. The van der Waals surface area contributed by atoms with Gasteiger partial charge in [-0.3, -0.25) is 0 Å². The predicted octanol–water partition coefficient (Wildman–Crippen LogP) is 4.66. The maximum atomic E-state index is 4.17. The van der Waals surface area contributed by atoms with E-state index in [1.165, 1.54) is 50.0 Å². The molecular weight excluding hydrogens is 216 g/mol. The second-order valence-electron chi connectivity index (χ2n) is 3.14. The van der Waals surface area contributed by atoms with Gasteiger partial charge in [-0.2, -0.15) is 12.6 Å². The first-order valence-corrected chi connectivity index (χ1v) is 8.39. The molecule has 0 amide bonds. The summed E-state index contributed by atoms with van der Waals surface area (Å²) < 4.78 is 0. The first kappa shape index (κ1) is 14.1. The summed E-state index contributed by atoms with van der Waals surface area (Å²) in [5.74, 6) is 3.52. The van der Waals surface area contributed by atoms with E-state index in [-0.39, 0.29) is 0 Å². The second-order valence-corrected chi connectivity index (χ2v) is 6.28. The third-order valence-electron chi connectivity index (χ3n) is 1.84. The van der Waals surface area contributed by atoms with Crippen LogP contribution in [0.3, 0.4) is 0 Å². The van der Waals surface area contributed by atoms with Crippen molar-refractivity contribution >= 4 is 34.2 Å². The van der Waals surface area contributed by atoms with E-state index in [9.17, 15) is 0 Å². The normalized spacial score (nSPS) is 10.6. The lowest BCUT2D eigenvalue weighted by molar-refractivity contribution is 0.627. The molecule has 0 bridgehead atoms. The van der Waals surface area contributed by atoms with Gasteiger partial charge in [0.15, 0.2) is 0 Å². The van der Waals surface area contributed by atoms with E-state index in [1.54, 1.807) is 0 Å². The zero-order valence-electron chi connectivity index (χ0n) is 8.63. The van der Waals surface area contributed by atoms with E-state index in [4.69, 9.17) is 0 Å². The molecule has 0 aliphatic heterocycles. The first-order valence-electron chi connectivity index (χ1n) is 5.27. The minimum Gasteiger partial charge on any atom is -0.178 e. The van der Waals surface area contributed by atoms with Crippen LogP contribution >= 0.6 is 34.2 Å². The van der Waals surface area contributed by atoms with Crippen molar-refractivity contribution in [1.29, 1.82) is 0 Å². The molecule has 3 heteroatoms. The standard InChI is InChI=1S/C10H22S3/c1-2-3-4-5-6-7-9-12-13-10-8-11/h11H,2-10H2,1H3. The molecule has 0 atom stereocenters. The van der Waals surface area contributed by atoms with Gasteiger partial charge in [-0.1, -0.05) is 60.6 Å². The van der Waals surface area contributed by atoms with Crippen molar-refractivity contribution < 1.29 is 0 Å². The lowest BCUT2D eigenvalue weighted by atomic mass is 10.1. The Labute approximate surface area is 96.8 Å². The first-order chi connectivity index (χ1) is 6.41. The fraction of sp³-hybridized carbons (Fsp3) is 1.00. The summed E-state index contributed by atoms with van der Waals surface area (Å²) in [5, 5.41) is 0. The summed E-state index contributed by atoms with van der Waals surface area (Å²) in [6.45, 7) is 2.27. The minimum atomic E-state index is 1.01. The van der Waals surface area contributed by atoms with Crippen molar-refractivity contribution in [3.63, 3.8) is 0 Å². The molecule has 0 aromatic carbocycles. The second kappa shape index (κ2) is 13.1. The molecule has 0 N–H and O–H groups in total. The highest BCUT2D eigenvalue weighted by Crippen LogP contribution is 2.22. The van der Waals surface area contributed by atoms with Crippen LogP contribution in [0.4, 0.5) is 0 Å². The van der Waals surface area contributed by atoms with Gasteiger partial charge in [-0.25, -0.2) is 0 Å². The molecule has 0 aromatic rings. The molecule has 0 spiro atoms. The Morgan fingerprint density at radius 3 is 2.15 bits per heavy atom. The highest BCUT2D eigenvalue weighted by atomic mass is 33.1. The van der Waals surface area contributed by atoms with Crippen LogP contribution in [0, 0.1) is 0 Å². The van der Waals surface area contributed by atoms with E-state index in [0.29, 0.717) is 0 Å². The molecule has 0 heterocycles. The average molecular weight is 238 g/mol. The molecule has 0 rings (SSSR count). The molecule has 13 heavy (non-hydrogen) atoms. The lowest BCUT2D eigenvalue weighted by Gasteiger charge is -2.00. The summed E-state index contributed by atoms with van der Waals surface area (Å²) >= 11 is 4.17. The van der Waals surface area contributed by atoms with Gasteiger partial charge in [0, 0.05) is 17.3 Å². The van der Waals surface area contributed by atoms with Gasteiger partial charge in [0.05, 0.1) is 0 Å². The van der Waals surface area contributed by atoms with Crippen LogP contribution in [0.1, 0.15) is 45.4 Å². The van der Waals surface area contributed by atoms with Crippen molar-refractivity contribution in [2.24, 2.45) is 0 Å². The van der Waals surface area contributed by atoms with Gasteiger partial charge in [0.25, 0.3) is 0 Å². The summed E-state index contributed by atoms with van der Waals surface area (Å²) in [7, 11) is 3.97. The van der Waals surface area contributed by atoms with Crippen molar-refractivity contribution in [3.05, 3.63) is 0 Å². The van der Waals surface area contributed by atoms with Crippen LogP contribution in [0.5, 0.6) is 0 Å². The van der Waals surface area contributed by atoms with Gasteiger partial charge in [-0.05, 0) is 6.42 Å². The molecule has 0 unspecified atom stereocenters. The fourth-order valence-corrected chi connectivity index (χ4v) is 3.68. The van der Waals surface area contributed by atoms with Crippen molar-refractivity contribution in [3.8, 4) is 0 Å². The van der Waals surface area contributed by atoms with Crippen molar-refractivity contribution in [2.75, 3.05) is 17.3 Å².